The van der Waals surface area contributed by atoms with E-state index in [1.165, 1.54) is 0 Å². The van der Waals surface area contributed by atoms with Gasteiger partial charge in [-0.05, 0) is 23.3 Å². The third-order valence-electron chi connectivity index (χ3n) is 2.71. The Bertz CT molecular complexity index is 681. The van der Waals surface area contributed by atoms with Gasteiger partial charge in [0.2, 0.25) is 0 Å². The zero-order valence-corrected chi connectivity index (χ0v) is 10.1. The van der Waals surface area contributed by atoms with Crippen molar-refractivity contribution in [3.8, 4) is 6.07 Å². The zero-order chi connectivity index (χ0) is 13.7. The van der Waals surface area contributed by atoms with Crippen LogP contribution in [0.15, 0.2) is 48.5 Å². The standard InChI is InChI=1S/C16H11NO2/c17-11-14-7-2-1-5-12(14)9-10-13-6-3-4-8-15(13)16(18)19/h1-10H,(H,18,19). The van der Waals surface area contributed by atoms with E-state index in [4.69, 9.17) is 10.4 Å². The summed E-state index contributed by atoms with van der Waals surface area (Å²) in [5.41, 5.74) is 2.19. The summed E-state index contributed by atoms with van der Waals surface area (Å²) in [6, 6.07) is 16.0. The number of aromatic carboxylic acids is 1. The van der Waals surface area contributed by atoms with Crippen molar-refractivity contribution in [1.29, 1.82) is 5.26 Å². The Kier molecular flexibility index (Phi) is 3.75. The van der Waals surface area contributed by atoms with Crippen LogP contribution in [0.2, 0.25) is 0 Å². The largest absolute Gasteiger partial charge is 0.478 e. The van der Waals surface area contributed by atoms with Crippen molar-refractivity contribution in [3.05, 3.63) is 70.8 Å². The molecule has 1 N–H and O–H groups in total. The van der Waals surface area contributed by atoms with Crippen molar-refractivity contribution in [3.63, 3.8) is 0 Å². The van der Waals surface area contributed by atoms with E-state index in [9.17, 15) is 4.79 Å². The molecule has 0 atom stereocenters. The minimum Gasteiger partial charge on any atom is -0.478 e. The Morgan fingerprint density at radius 1 is 1.00 bits per heavy atom. The second kappa shape index (κ2) is 5.65. The Labute approximate surface area is 111 Å². The number of carboxylic acid groups (broad SMARTS) is 1. The lowest BCUT2D eigenvalue weighted by atomic mass is 10.0. The molecule has 0 fully saturated rings. The SMILES string of the molecule is N#Cc1ccccc1C=Cc1ccccc1C(=O)O. The molecule has 0 saturated carbocycles. The number of hydrogen-bond donors (Lipinski definition) is 1. The number of rotatable bonds is 3. The molecule has 0 aliphatic heterocycles. The first-order valence-corrected chi connectivity index (χ1v) is 5.72. The number of nitrogens with zero attached hydrogens (tertiary/aromatic N) is 1. The number of carbonyl (C=O) groups is 1. The maximum atomic E-state index is 11.1. The van der Waals surface area contributed by atoms with E-state index in [2.05, 4.69) is 6.07 Å². The van der Waals surface area contributed by atoms with Crippen LogP contribution >= 0.6 is 0 Å². The highest BCUT2D eigenvalue weighted by Gasteiger charge is 2.06. The topological polar surface area (TPSA) is 61.1 Å². The Hall–Kier alpha value is -2.86. The van der Waals surface area contributed by atoms with Crippen molar-refractivity contribution < 1.29 is 9.90 Å². The average Bonchev–Trinajstić information content (AvgIpc) is 2.45. The summed E-state index contributed by atoms with van der Waals surface area (Å²) >= 11 is 0. The predicted octanol–water partition coefficient (Wildman–Crippen LogP) is 3.43. The van der Waals surface area contributed by atoms with E-state index in [1.54, 1.807) is 48.6 Å². The molecule has 0 saturated heterocycles. The van der Waals surface area contributed by atoms with Gasteiger partial charge in [0.25, 0.3) is 0 Å². The van der Waals surface area contributed by atoms with Gasteiger partial charge < -0.3 is 5.11 Å². The van der Waals surface area contributed by atoms with Gasteiger partial charge in [0.1, 0.15) is 0 Å². The second-order valence-electron chi connectivity index (χ2n) is 3.92. The van der Waals surface area contributed by atoms with Gasteiger partial charge in [0, 0.05) is 0 Å². The zero-order valence-electron chi connectivity index (χ0n) is 10.1. The maximum Gasteiger partial charge on any atom is 0.336 e. The Morgan fingerprint density at radius 3 is 2.26 bits per heavy atom. The summed E-state index contributed by atoms with van der Waals surface area (Å²) in [5.74, 6) is -0.964. The molecule has 2 rings (SSSR count). The highest BCUT2D eigenvalue weighted by atomic mass is 16.4. The highest BCUT2D eigenvalue weighted by molar-refractivity contribution is 5.93. The molecule has 92 valence electrons. The van der Waals surface area contributed by atoms with E-state index in [1.807, 2.05) is 12.1 Å². The molecule has 0 aliphatic carbocycles. The molecule has 2 aromatic rings. The van der Waals surface area contributed by atoms with Gasteiger partial charge in [-0.3, -0.25) is 0 Å². The van der Waals surface area contributed by atoms with Gasteiger partial charge >= 0.3 is 5.97 Å². The maximum absolute atomic E-state index is 11.1. The number of hydrogen-bond acceptors (Lipinski definition) is 2. The minimum absolute atomic E-state index is 0.244. The lowest BCUT2D eigenvalue weighted by Crippen LogP contribution is -1.98. The fraction of sp³-hybridized carbons (Fsp3) is 0. The Balaban J connectivity index is 2.39. The van der Waals surface area contributed by atoms with E-state index >= 15 is 0 Å². The second-order valence-corrected chi connectivity index (χ2v) is 3.92. The number of benzene rings is 2. The first-order chi connectivity index (χ1) is 9.22. The summed E-state index contributed by atoms with van der Waals surface area (Å²) < 4.78 is 0. The van der Waals surface area contributed by atoms with Gasteiger partial charge in [0.05, 0.1) is 17.2 Å². The molecule has 19 heavy (non-hydrogen) atoms. The van der Waals surface area contributed by atoms with Crippen LogP contribution < -0.4 is 0 Å². The quantitative estimate of drug-likeness (QED) is 0.848. The van der Waals surface area contributed by atoms with Crippen molar-refractivity contribution in [1.82, 2.24) is 0 Å². The number of nitriles is 1. The molecule has 0 amide bonds. The fourth-order valence-electron chi connectivity index (χ4n) is 1.76. The van der Waals surface area contributed by atoms with Crippen LogP contribution in [0.5, 0.6) is 0 Å². The first-order valence-electron chi connectivity index (χ1n) is 5.72. The molecule has 0 aromatic heterocycles. The summed E-state index contributed by atoms with van der Waals surface area (Å²) in [7, 11) is 0. The Morgan fingerprint density at radius 2 is 1.58 bits per heavy atom. The smallest absolute Gasteiger partial charge is 0.336 e. The molecular formula is C16H11NO2. The van der Waals surface area contributed by atoms with Crippen LogP contribution in [0.3, 0.4) is 0 Å². The van der Waals surface area contributed by atoms with E-state index in [-0.39, 0.29) is 5.56 Å². The summed E-state index contributed by atoms with van der Waals surface area (Å²) in [4.78, 5) is 11.1. The lowest BCUT2D eigenvalue weighted by Gasteiger charge is -2.01. The third kappa shape index (κ3) is 2.88. The normalized spacial score (nSPS) is 10.3. The minimum atomic E-state index is -0.964. The number of carboxylic acids is 1. The third-order valence-corrected chi connectivity index (χ3v) is 2.71. The molecular weight excluding hydrogens is 238 g/mol. The van der Waals surface area contributed by atoms with Gasteiger partial charge in [-0.1, -0.05) is 48.6 Å². The molecule has 0 heterocycles. The van der Waals surface area contributed by atoms with Crippen molar-refractivity contribution >= 4 is 18.1 Å². The first kappa shape index (κ1) is 12.6. The molecule has 0 aliphatic rings. The van der Waals surface area contributed by atoms with Crippen LogP contribution in [0.25, 0.3) is 12.2 Å². The molecule has 0 radical (unpaired) electrons. The fourth-order valence-corrected chi connectivity index (χ4v) is 1.76. The van der Waals surface area contributed by atoms with Crippen LogP contribution in [0.4, 0.5) is 0 Å². The van der Waals surface area contributed by atoms with Crippen molar-refractivity contribution in [2.75, 3.05) is 0 Å². The monoisotopic (exact) mass is 249 g/mol. The van der Waals surface area contributed by atoms with Gasteiger partial charge in [-0.2, -0.15) is 5.26 Å². The lowest BCUT2D eigenvalue weighted by molar-refractivity contribution is 0.0696. The molecule has 2 aromatic carbocycles. The van der Waals surface area contributed by atoms with Gasteiger partial charge in [0.15, 0.2) is 0 Å². The summed E-state index contributed by atoms with van der Waals surface area (Å²) in [5, 5.41) is 18.1. The van der Waals surface area contributed by atoms with E-state index in [0.717, 1.165) is 5.56 Å². The summed E-state index contributed by atoms with van der Waals surface area (Å²) in [6.45, 7) is 0. The van der Waals surface area contributed by atoms with Crippen LogP contribution in [-0.4, -0.2) is 11.1 Å². The summed E-state index contributed by atoms with van der Waals surface area (Å²) in [6.07, 6.45) is 3.46. The van der Waals surface area contributed by atoms with Crippen molar-refractivity contribution in [2.24, 2.45) is 0 Å². The van der Waals surface area contributed by atoms with Crippen LogP contribution in [0.1, 0.15) is 27.0 Å². The molecule has 3 heteroatoms. The molecule has 0 spiro atoms. The van der Waals surface area contributed by atoms with Crippen LogP contribution in [0, 0.1) is 11.3 Å². The van der Waals surface area contributed by atoms with Crippen molar-refractivity contribution in [2.45, 2.75) is 0 Å². The molecule has 3 nitrogen and oxygen atoms in total. The molecule has 0 unspecified atom stereocenters. The highest BCUT2D eigenvalue weighted by Crippen LogP contribution is 2.15. The van der Waals surface area contributed by atoms with Crippen LogP contribution in [-0.2, 0) is 0 Å². The predicted molar refractivity (Wildman–Crippen MR) is 73.5 cm³/mol. The van der Waals surface area contributed by atoms with Gasteiger partial charge in [-0.25, -0.2) is 4.79 Å². The average molecular weight is 249 g/mol. The van der Waals surface area contributed by atoms with E-state index in [0.29, 0.717) is 11.1 Å². The molecule has 0 bridgehead atoms. The van der Waals surface area contributed by atoms with E-state index < -0.39 is 5.97 Å². The van der Waals surface area contributed by atoms with Gasteiger partial charge in [-0.15, -0.1) is 0 Å².